The lowest BCUT2D eigenvalue weighted by molar-refractivity contribution is -0.115. The van der Waals surface area contributed by atoms with E-state index in [0.717, 1.165) is 23.3 Å². The monoisotopic (exact) mass is 408 g/mol. The van der Waals surface area contributed by atoms with Gasteiger partial charge < -0.3 is 20.7 Å². The maximum Gasteiger partial charge on any atom is 0.243 e. The molecule has 0 aliphatic carbocycles. The summed E-state index contributed by atoms with van der Waals surface area (Å²) in [5.41, 5.74) is 1.48. The maximum absolute atomic E-state index is 13.7. The summed E-state index contributed by atoms with van der Waals surface area (Å²) in [6.07, 6.45) is 0. The van der Waals surface area contributed by atoms with E-state index in [4.69, 9.17) is 4.74 Å². The second kappa shape index (κ2) is 10.4. The molecule has 2 aromatic rings. The van der Waals surface area contributed by atoms with Crippen molar-refractivity contribution in [2.24, 2.45) is 4.99 Å². The number of carbonyl (C=O) groups excluding carboxylic acids is 1. The fourth-order valence-electron chi connectivity index (χ4n) is 2.47. The minimum atomic E-state index is -1.64. The van der Waals surface area contributed by atoms with Crippen molar-refractivity contribution in [3.05, 3.63) is 58.9 Å². The fraction of sp³-hybridized carbons (Fsp3) is 0.300. The van der Waals surface area contributed by atoms with E-state index in [1.165, 1.54) is 0 Å². The predicted molar refractivity (Wildman–Crippen MR) is 105 cm³/mol. The van der Waals surface area contributed by atoms with E-state index in [9.17, 15) is 18.0 Å². The lowest BCUT2D eigenvalue weighted by Gasteiger charge is -2.13. The normalized spacial score (nSPS) is 11.2. The van der Waals surface area contributed by atoms with E-state index in [0.29, 0.717) is 24.8 Å². The van der Waals surface area contributed by atoms with Gasteiger partial charge in [0.2, 0.25) is 5.91 Å². The number of nitrogens with one attached hydrogen (secondary N) is 3. The summed E-state index contributed by atoms with van der Waals surface area (Å²) in [6.45, 7) is 4.42. The number of rotatable bonds is 7. The number of anilines is 1. The molecule has 9 heteroatoms. The number of amides is 1. The summed E-state index contributed by atoms with van der Waals surface area (Å²) >= 11 is 0. The number of ether oxygens (including phenoxy) is 1. The van der Waals surface area contributed by atoms with Gasteiger partial charge in [-0.25, -0.2) is 18.2 Å². The average Bonchev–Trinajstić information content (AvgIpc) is 2.71. The van der Waals surface area contributed by atoms with Crippen molar-refractivity contribution < 1.29 is 22.7 Å². The first kappa shape index (κ1) is 22.1. The molecule has 0 aliphatic rings. The van der Waals surface area contributed by atoms with E-state index in [1.54, 1.807) is 7.11 Å². The molecule has 0 radical (unpaired) electrons. The summed E-state index contributed by atoms with van der Waals surface area (Å²) in [6, 6.07) is 7.43. The number of carbonyl (C=O) groups is 1. The highest BCUT2D eigenvalue weighted by Crippen LogP contribution is 2.21. The number of aliphatic imine (C=N–C) groups is 1. The van der Waals surface area contributed by atoms with Gasteiger partial charge in [-0.3, -0.25) is 4.79 Å². The van der Waals surface area contributed by atoms with Crippen LogP contribution in [0.25, 0.3) is 0 Å². The molecule has 0 aliphatic heterocycles. The van der Waals surface area contributed by atoms with E-state index in [1.807, 2.05) is 32.0 Å². The summed E-state index contributed by atoms with van der Waals surface area (Å²) in [7, 11) is 1.58. The van der Waals surface area contributed by atoms with Crippen molar-refractivity contribution in [3.8, 4) is 5.75 Å². The van der Waals surface area contributed by atoms with Crippen LogP contribution in [0.1, 0.15) is 18.1 Å². The molecule has 2 aromatic carbocycles. The molecular weight excluding hydrogens is 385 g/mol. The largest absolute Gasteiger partial charge is 0.496 e. The first-order valence-corrected chi connectivity index (χ1v) is 8.94. The quantitative estimate of drug-likeness (QED) is 0.374. The Hall–Kier alpha value is -3.23. The van der Waals surface area contributed by atoms with Gasteiger partial charge in [0.25, 0.3) is 0 Å². The van der Waals surface area contributed by atoms with Crippen molar-refractivity contribution >= 4 is 17.6 Å². The molecule has 2 rings (SSSR count). The molecule has 0 unspecified atom stereocenters. The third-order valence-corrected chi connectivity index (χ3v) is 3.92. The van der Waals surface area contributed by atoms with Crippen LogP contribution in [-0.4, -0.2) is 32.1 Å². The van der Waals surface area contributed by atoms with E-state index >= 15 is 0 Å². The van der Waals surface area contributed by atoms with Gasteiger partial charge in [0, 0.05) is 12.1 Å². The Bertz CT molecular complexity index is 904. The maximum atomic E-state index is 13.7. The summed E-state index contributed by atoms with van der Waals surface area (Å²) in [4.78, 5) is 16.4. The van der Waals surface area contributed by atoms with Crippen molar-refractivity contribution in [1.82, 2.24) is 10.6 Å². The van der Waals surface area contributed by atoms with Gasteiger partial charge in [0.15, 0.2) is 23.4 Å². The highest BCUT2D eigenvalue weighted by molar-refractivity contribution is 5.95. The third kappa shape index (κ3) is 6.13. The minimum Gasteiger partial charge on any atom is -0.496 e. The topological polar surface area (TPSA) is 74.8 Å². The van der Waals surface area contributed by atoms with Crippen LogP contribution in [0.4, 0.5) is 18.9 Å². The molecule has 0 saturated heterocycles. The number of guanidine groups is 1. The van der Waals surface area contributed by atoms with Gasteiger partial charge in [-0.1, -0.05) is 12.1 Å². The molecule has 6 nitrogen and oxygen atoms in total. The number of methoxy groups -OCH3 is 1. The van der Waals surface area contributed by atoms with Gasteiger partial charge >= 0.3 is 0 Å². The highest BCUT2D eigenvalue weighted by atomic mass is 19.2. The Morgan fingerprint density at radius 1 is 1.10 bits per heavy atom. The SMILES string of the molecule is CCNC(=NCc1ccc(C)cc1OC)NCC(=O)Nc1ccc(F)c(F)c1F. The standard InChI is InChI=1S/C20H23F3N4O2/c1-4-24-20(25-10-13-6-5-12(2)9-16(13)29-3)26-11-17(28)27-15-8-7-14(21)18(22)19(15)23/h5-9H,4,10-11H2,1-3H3,(H,27,28)(H2,24,25,26). The van der Waals surface area contributed by atoms with Crippen LogP contribution in [-0.2, 0) is 11.3 Å². The van der Waals surface area contributed by atoms with Gasteiger partial charge in [-0.05, 0) is 37.6 Å². The third-order valence-electron chi connectivity index (χ3n) is 3.92. The molecular formula is C20H23F3N4O2. The molecule has 3 N–H and O–H groups in total. The Balaban J connectivity index is 2.01. The van der Waals surface area contributed by atoms with Gasteiger partial charge in [-0.15, -0.1) is 0 Å². The number of halogens is 3. The molecule has 0 atom stereocenters. The Morgan fingerprint density at radius 2 is 1.86 bits per heavy atom. The zero-order valence-electron chi connectivity index (χ0n) is 16.4. The Morgan fingerprint density at radius 3 is 2.55 bits per heavy atom. The first-order valence-electron chi connectivity index (χ1n) is 8.94. The fourth-order valence-corrected chi connectivity index (χ4v) is 2.47. The molecule has 29 heavy (non-hydrogen) atoms. The zero-order chi connectivity index (χ0) is 21.4. The van der Waals surface area contributed by atoms with Crippen molar-refractivity contribution in [2.75, 3.05) is 25.5 Å². The Kier molecular flexibility index (Phi) is 7.88. The predicted octanol–water partition coefficient (Wildman–Crippen LogP) is 3.11. The Labute approximate surface area is 167 Å². The van der Waals surface area contributed by atoms with Crippen molar-refractivity contribution in [3.63, 3.8) is 0 Å². The summed E-state index contributed by atoms with van der Waals surface area (Å²) < 4.78 is 45.2. The molecule has 1 amide bonds. The average molecular weight is 408 g/mol. The lowest BCUT2D eigenvalue weighted by atomic mass is 10.1. The van der Waals surface area contributed by atoms with Crippen LogP contribution in [0, 0.1) is 24.4 Å². The molecule has 0 bridgehead atoms. The van der Waals surface area contributed by atoms with Gasteiger partial charge in [-0.2, -0.15) is 0 Å². The number of aryl methyl sites for hydroxylation is 1. The van der Waals surface area contributed by atoms with Crippen LogP contribution >= 0.6 is 0 Å². The first-order chi connectivity index (χ1) is 13.8. The van der Waals surface area contributed by atoms with Crippen LogP contribution < -0.4 is 20.7 Å². The van der Waals surface area contributed by atoms with Gasteiger partial charge in [0.1, 0.15) is 5.75 Å². The number of benzene rings is 2. The summed E-state index contributed by atoms with van der Waals surface area (Å²) in [5.74, 6) is -4.00. The molecule has 156 valence electrons. The zero-order valence-corrected chi connectivity index (χ0v) is 16.4. The molecule has 0 saturated carbocycles. The number of hydrogen-bond acceptors (Lipinski definition) is 3. The molecule has 0 fully saturated rings. The van der Waals surface area contributed by atoms with Crippen LogP contribution in [0.2, 0.25) is 0 Å². The second-order valence-corrected chi connectivity index (χ2v) is 6.14. The van der Waals surface area contributed by atoms with E-state index < -0.39 is 29.0 Å². The molecule has 0 heterocycles. The van der Waals surface area contributed by atoms with Crippen LogP contribution in [0.5, 0.6) is 5.75 Å². The van der Waals surface area contributed by atoms with Crippen LogP contribution in [0.15, 0.2) is 35.3 Å². The lowest BCUT2D eigenvalue weighted by Crippen LogP contribution is -2.41. The minimum absolute atomic E-state index is 0.255. The van der Waals surface area contributed by atoms with Crippen molar-refractivity contribution in [2.45, 2.75) is 20.4 Å². The van der Waals surface area contributed by atoms with Gasteiger partial charge in [0.05, 0.1) is 25.9 Å². The number of hydrogen-bond donors (Lipinski definition) is 3. The summed E-state index contributed by atoms with van der Waals surface area (Å²) in [5, 5.41) is 7.97. The van der Waals surface area contributed by atoms with E-state index in [2.05, 4.69) is 20.9 Å². The highest BCUT2D eigenvalue weighted by Gasteiger charge is 2.15. The molecule has 0 aromatic heterocycles. The van der Waals surface area contributed by atoms with Crippen molar-refractivity contribution in [1.29, 1.82) is 0 Å². The smallest absolute Gasteiger partial charge is 0.243 e. The van der Waals surface area contributed by atoms with Crippen LogP contribution in [0.3, 0.4) is 0 Å². The molecule has 0 spiro atoms. The van der Waals surface area contributed by atoms with E-state index in [-0.39, 0.29) is 6.54 Å². The number of nitrogens with zero attached hydrogens (tertiary/aromatic N) is 1. The second-order valence-electron chi connectivity index (χ2n) is 6.14.